The van der Waals surface area contributed by atoms with Crippen molar-refractivity contribution in [3.05, 3.63) is 41.5 Å². The van der Waals surface area contributed by atoms with Crippen LogP contribution in [0.5, 0.6) is 5.75 Å². The number of hydrogen-bond acceptors (Lipinski definition) is 1. The molecule has 2 aromatic carbocycles. The summed E-state index contributed by atoms with van der Waals surface area (Å²) in [7, 11) is 0. The van der Waals surface area contributed by atoms with Crippen LogP contribution in [0.2, 0.25) is 0 Å². The molecular weight excluding hydrogens is 184 g/mol. The topological polar surface area (TPSA) is 20.2 Å². The summed E-state index contributed by atoms with van der Waals surface area (Å²) in [5.41, 5.74) is 2.56. The first-order chi connectivity index (χ1) is 7.09. The van der Waals surface area contributed by atoms with Crippen molar-refractivity contribution in [2.24, 2.45) is 0 Å². The van der Waals surface area contributed by atoms with Crippen LogP contribution in [0.25, 0.3) is 10.8 Å². The first-order valence-electron chi connectivity index (χ1n) is 5.32. The minimum Gasteiger partial charge on any atom is -0.508 e. The molecule has 15 heavy (non-hydrogen) atoms. The maximum absolute atomic E-state index is 9.53. The number of phenolic OH excluding ortho intramolecular Hbond substituents is 1. The predicted octanol–water partition coefficient (Wildman–Crippen LogP) is 3.98. The van der Waals surface area contributed by atoms with E-state index >= 15 is 0 Å². The van der Waals surface area contributed by atoms with E-state index in [9.17, 15) is 5.11 Å². The molecule has 0 fully saturated rings. The van der Waals surface area contributed by atoms with Gasteiger partial charge in [0.15, 0.2) is 0 Å². The van der Waals surface area contributed by atoms with Crippen LogP contribution in [0.3, 0.4) is 0 Å². The molecule has 0 aliphatic rings. The summed E-state index contributed by atoms with van der Waals surface area (Å²) < 4.78 is 0. The van der Waals surface area contributed by atoms with E-state index in [-0.39, 0.29) is 0 Å². The Morgan fingerprint density at radius 2 is 1.73 bits per heavy atom. The lowest BCUT2D eigenvalue weighted by molar-refractivity contribution is 0.476. The minimum absolute atomic E-state index is 0.343. The molecule has 0 amide bonds. The van der Waals surface area contributed by atoms with Gasteiger partial charge in [-0.15, -0.1) is 0 Å². The van der Waals surface area contributed by atoms with E-state index in [0.717, 1.165) is 0 Å². The Bertz CT molecular complexity index is 498. The summed E-state index contributed by atoms with van der Waals surface area (Å²) in [6.07, 6.45) is 0. The molecule has 0 aliphatic carbocycles. The van der Waals surface area contributed by atoms with Crippen molar-refractivity contribution < 1.29 is 5.11 Å². The number of hydrogen-bond donors (Lipinski definition) is 1. The average Bonchev–Trinajstić information content (AvgIpc) is 2.17. The van der Waals surface area contributed by atoms with E-state index in [0.29, 0.717) is 11.7 Å². The molecule has 78 valence electrons. The largest absolute Gasteiger partial charge is 0.508 e. The molecule has 2 aromatic rings. The van der Waals surface area contributed by atoms with Crippen molar-refractivity contribution in [3.63, 3.8) is 0 Å². The second kappa shape index (κ2) is 3.58. The summed E-state index contributed by atoms with van der Waals surface area (Å²) in [6, 6.07) is 9.90. The van der Waals surface area contributed by atoms with Crippen molar-refractivity contribution >= 4 is 10.8 Å². The van der Waals surface area contributed by atoms with E-state index in [4.69, 9.17) is 0 Å². The lowest BCUT2D eigenvalue weighted by Gasteiger charge is -2.12. The van der Waals surface area contributed by atoms with Crippen molar-refractivity contribution in [1.29, 1.82) is 0 Å². The van der Waals surface area contributed by atoms with Gasteiger partial charge in [-0.05, 0) is 46.9 Å². The molecule has 0 spiro atoms. The monoisotopic (exact) mass is 200 g/mol. The minimum atomic E-state index is 0.343. The SMILES string of the molecule is Cc1ccc(C(C)C)c2cc(O)ccc12. The van der Waals surface area contributed by atoms with Crippen LogP contribution < -0.4 is 0 Å². The summed E-state index contributed by atoms with van der Waals surface area (Å²) in [5.74, 6) is 0.824. The smallest absolute Gasteiger partial charge is 0.116 e. The highest BCUT2D eigenvalue weighted by Crippen LogP contribution is 2.30. The fraction of sp³-hybridized carbons (Fsp3) is 0.286. The van der Waals surface area contributed by atoms with Gasteiger partial charge in [0.2, 0.25) is 0 Å². The molecule has 0 unspecified atom stereocenters. The number of aromatic hydroxyl groups is 1. The second-order valence-corrected chi connectivity index (χ2v) is 4.36. The number of benzene rings is 2. The fourth-order valence-corrected chi connectivity index (χ4v) is 2.01. The van der Waals surface area contributed by atoms with Crippen LogP contribution in [0.15, 0.2) is 30.3 Å². The molecule has 2 rings (SSSR count). The third-order valence-electron chi connectivity index (χ3n) is 2.87. The van der Waals surface area contributed by atoms with Gasteiger partial charge in [0.25, 0.3) is 0 Å². The molecular formula is C14H16O. The van der Waals surface area contributed by atoms with Crippen LogP contribution >= 0.6 is 0 Å². The number of aryl methyl sites for hydroxylation is 1. The molecule has 0 heterocycles. The molecule has 1 N–H and O–H groups in total. The van der Waals surface area contributed by atoms with Crippen molar-refractivity contribution in [3.8, 4) is 5.75 Å². The Labute approximate surface area is 90.4 Å². The van der Waals surface area contributed by atoms with Gasteiger partial charge in [-0.25, -0.2) is 0 Å². The van der Waals surface area contributed by atoms with E-state index in [2.05, 4.69) is 32.9 Å². The van der Waals surface area contributed by atoms with Gasteiger partial charge >= 0.3 is 0 Å². The molecule has 1 nitrogen and oxygen atoms in total. The van der Waals surface area contributed by atoms with E-state index in [1.807, 2.05) is 12.1 Å². The van der Waals surface area contributed by atoms with Crippen molar-refractivity contribution in [1.82, 2.24) is 0 Å². The predicted molar refractivity (Wildman–Crippen MR) is 64.4 cm³/mol. The summed E-state index contributed by atoms with van der Waals surface area (Å²) >= 11 is 0. The highest BCUT2D eigenvalue weighted by Gasteiger charge is 2.07. The van der Waals surface area contributed by atoms with Gasteiger partial charge < -0.3 is 5.11 Å². The zero-order chi connectivity index (χ0) is 11.0. The first-order valence-corrected chi connectivity index (χ1v) is 5.32. The number of fused-ring (bicyclic) bond motifs is 1. The lowest BCUT2D eigenvalue weighted by Crippen LogP contribution is -1.90. The van der Waals surface area contributed by atoms with Crippen LogP contribution in [-0.2, 0) is 0 Å². The first kappa shape index (κ1) is 10.0. The van der Waals surface area contributed by atoms with E-state index in [1.54, 1.807) is 6.07 Å². The lowest BCUT2D eigenvalue weighted by atomic mass is 9.93. The maximum Gasteiger partial charge on any atom is 0.116 e. The quantitative estimate of drug-likeness (QED) is 0.738. The Morgan fingerprint density at radius 1 is 1.00 bits per heavy atom. The molecule has 0 atom stereocenters. The van der Waals surface area contributed by atoms with Gasteiger partial charge in [-0.2, -0.15) is 0 Å². The summed E-state index contributed by atoms with van der Waals surface area (Å²) in [6.45, 7) is 6.45. The molecule has 1 heteroatoms. The molecule has 0 bridgehead atoms. The highest BCUT2D eigenvalue weighted by atomic mass is 16.3. The summed E-state index contributed by atoms with van der Waals surface area (Å²) in [5, 5.41) is 11.9. The van der Waals surface area contributed by atoms with Crippen LogP contribution in [-0.4, -0.2) is 5.11 Å². The Kier molecular flexibility index (Phi) is 2.39. The Hall–Kier alpha value is -1.50. The van der Waals surface area contributed by atoms with Gasteiger partial charge in [0.05, 0.1) is 0 Å². The molecule has 0 saturated carbocycles. The normalized spacial score (nSPS) is 11.2. The molecule has 0 saturated heterocycles. The Morgan fingerprint density at radius 3 is 2.40 bits per heavy atom. The average molecular weight is 200 g/mol. The van der Waals surface area contributed by atoms with Gasteiger partial charge in [0, 0.05) is 0 Å². The van der Waals surface area contributed by atoms with Gasteiger partial charge in [0.1, 0.15) is 5.75 Å². The zero-order valence-corrected chi connectivity index (χ0v) is 9.41. The highest BCUT2D eigenvalue weighted by molar-refractivity contribution is 5.90. The molecule has 0 aliphatic heterocycles. The zero-order valence-electron chi connectivity index (χ0n) is 9.41. The van der Waals surface area contributed by atoms with Crippen LogP contribution in [0.4, 0.5) is 0 Å². The Balaban J connectivity index is 2.84. The fourth-order valence-electron chi connectivity index (χ4n) is 2.01. The van der Waals surface area contributed by atoms with Crippen LogP contribution in [0.1, 0.15) is 30.9 Å². The van der Waals surface area contributed by atoms with Crippen LogP contribution in [0, 0.1) is 6.92 Å². The molecule has 0 aromatic heterocycles. The number of rotatable bonds is 1. The van der Waals surface area contributed by atoms with Gasteiger partial charge in [-0.1, -0.05) is 32.0 Å². The second-order valence-electron chi connectivity index (χ2n) is 4.36. The third kappa shape index (κ3) is 1.70. The standard InChI is InChI=1S/C14H16O/c1-9(2)12-6-4-10(3)13-7-5-11(15)8-14(12)13/h4-9,15H,1-3H3. The molecule has 0 radical (unpaired) electrons. The van der Waals surface area contributed by atoms with Crippen molar-refractivity contribution in [2.75, 3.05) is 0 Å². The van der Waals surface area contributed by atoms with E-state index < -0.39 is 0 Å². The third-order valence-corrected chi connectivity index (χ3v) is 2.87. The summed E-state index contributed by atoms with van der Waals surface area (Å²) in [4.78, 5) is 0. The van der Waals surface area contributed by atoms with Crippen molar-refractivity contribution in [2.45, 2.75) is 26.7 Å². The number of phenols is 1. The van der Waals surface area contributed by atoms with E-state index in [1.165, 1.54) is 21.9 Å². The maximum atomic E-state index is 9.53. The van der Waals surface area contributed by atoms with Gasteiger partial charge in [-0.3, -0.25) is 0 Å².